The topological polar surface area (TPSA) is 82.6 Å². The second-order valence-corrected chi connectivity index (χ2v) is 8.31. The van der Waals surface area contributed by atoms with Crippen molar-refractivity contribution in [1.82, 2.24) is 16.1 Å². The van der Waals surface area contributed by atoms with Crippen LogP contribution in [0.5, 0.6) is 0 Å². The highest BCUT2D eigenvalue weighted by atomic mass is 16.2. The molecule has 160 valence electrons. The Balaban J connectivity index is 1.64. The Labute approximate surface area is 174 Å². The number of hydrazone groups is 1. The van der Waals surface area contributed by atoms with Crippen LogP contribution in [-0.2, 0) is 11.3 Å². The molecule has 1 aliphatic carbocycles. The number of aryl methyl sites for hydroxylation is 1. The zero-order valence-corrected chi connectivity index (χ0v) is 18.3. The highest BCUT2D eigenvalue weighted by Crippen LogP contribution is 2.28. The van der Waals surface area contributed by atoms with Crippen molar-refractivity contribution in [3.8, 4) is 0 Å². The molecular weight excluding hydrogens is 364 g/mol. The summed E-state index contributed by atoms with van der Waals surface area (Å²) in [4.78, 5) is 24.4. The maximum Gasteiger partial charge on any atom is 0.335 e. The lowest BCUT2D eigenvalue weighted by molar-refractivity contribution is -0.126. The molecule has 1 fully saturated rings. The van der Waals surface area contributed by atoms with Crippen LogP contribution in [-0.4, -0.2) is 24.2 Å². The van der Waals surface area contributed by atoms with Crippen molar-refractivity contribution in [3.05, 3.63) is 35.4 Å². The number of nitrogens with one attached hydrogen (secondary N) is 3. The van der Waals surface area contributed by atoms with Crippen LogP contribution in [0.1, 0.15) is 64.0 Å². The lowest BCUT2D eigenvalue weighted by Gasteiger charge is -2.27. The molecule has 0 radical (unpaired) electrons. The Hall–Kier alpha value is -2.37. The first-order valence-electron chi connectivity index (χ1n) is 10.8. The van der Waals surface area contributed by atoms with E-state index in [0.29, 0.717) is 24.9 Å². The highest BCUT2D eigenvalue weighted by Gasteiger charge is 2.26. The number of carbonyl (C=O) groups excluding carboxylic acids is 2. The molecule has 3 amide bonds. The first kappa shape index (κ1) is 22.9. The molecular formula is C23H36N4O2. The molecule has 6 nitrogen and oxygen atoms in total. The summed E-state index contributed by atoms with van der Waals surface area (Å²) >= 11 is 0. The van der Waals surface area contributed by atoms with Crippen molar-refractivity contribution in [1.29, 1.82) is 0 Å². The summed E-state index contributed by atoms with van der Waals surface area (Å²) in [5.41, 5.74) is 5.85. The first-order valence-corrected chi connectivity index (χ1v) is 10.8. The number of urea groups is 1. The van der Waals surface area contributed by atoms with E-state index in [2.05, 4.69) is 66.2 Å². The summed E-state index contributed by atoms with van der Waals surface area (Å²) in [5.74, 6) is 1.00. The van der Waals surface area contributed by atoms with E-state index in [1.807, 2.05) is 6.92 Å². The minimum Gasteiger partial charge on any atom is -0.352 e. The molecule has 0 saturated heterocycles. The Morgan fingerprint density at radius 3 is 2.38 bits per heavy atom. The van der Waals surface area contributed by atoms with Crippen molar-refractivity contribution in [2.75, 3.05) is 6.54 Å². The van der Waals surface area contributed by atoms with Crippen LogP contribution < -0.4 is 16.1 Å². The van der Waals surface area contributed by atoms with Crippen LogP contribution in [0, 0.1) is 24.7 Å². The zero-order chi connectivity index (χ0) is 21.2. The summed E-state index contributed by atoms with van der Waals surface area (Å²) in [6.07, 6.45) is 4.66. The van der Waals surface area contributed by atoms with Gasteiger partial charge >= 0.3 is 6.03 Å². The molecule has 0 bridgehead atoms. The minimum absolute atomic E-state index is 0.0771. The summed E-state index contributed by atoms with van der Waals surface area (Å²) < 4.78 is 0. The molecule has 1 aliphatic rings. The fourth-order valence-corrected chi connectivity index (χ4v) is 3.49. The van der Waals surface area contributed by atoms with Crippen LogP contribution in [0.4, 0.5) is 4.79 Å². The molecule has 0 aliphatic heterocycles. The molecule has 2 rings (SSSR count). The normalized spacial score (nSPS) is 20.6. The van der Waals surface area contributed by atoms with Crippen molar-refractivity contribution in [2.24, 2.45) is 22.9 Å². The molecule has 1 aromatic rings. The van der Waals surface area contributed by atoms with Crippen molar-refractivity contribution in [3.63, 3.8) is 0 Å². The molecule has 1 saturated carbocycles. The van der Waals surface area contributed by atoms with Gasteiger partial charge in [0.2, 0.25) is 5.91 Å². The zero-order valence-electron chi connectivity index (χ0n) is 18.3. The fraction of sp³-hybridized carbons (Fsp3) is 0.609. The van der Waals surface area contributed by atoms with Gasteiger partial charge in [0.25, 0.3) is 0 Å². The van der Waals surface area contributed by atoms with Crippen molar-refractivity contribution in [2.45, 2.75) is 66.3 Å². The van der Waals surface area contributed by atoms with E-state index in [9.17, 15) is 9.59 Å². The van der Waals surface area contributed by atoms with Crippen LogP contribution in [0.15, 0.2) is 29.4 Å². The molecule has 1 atom stereocenters. The van der Waals surface area contributed by atoms with Crippen LogP contribution in [0.2, 0.25) is 0 Å². The predicted octanol–water partition coefficient (Wildman–Crippen LogP) is 4.14. The van der Waals surface area contributed by atoms with Gasteiger partial charge in [-0.2, -0.15) is 5.10 Å². The molecule has 6 heteroatoms. The second-order valence-electron chi connectivity index (χ2n) is 8.31. The standard InChI is InChI=1S/C23H36N4O2/c1-5-17(3)18(4)26-27-23(29)25-15-20-10-12-21(13-11-20)22(28)24-14-19-8-6-16(2)7-9-19/h6-9,17,20-21H,5,10-15H2,1-4H3,(H,24,28)(H2,25,27,29)/b26-18-/t17-,20?,21?/m0/s1. The average Bonchev–Trinajstić information content (AvgIpc) is 2.75. The van der Waals surface area contributed by atoms with Crippen LogP contribution >= 0.6 is 0 Å². The first-order chi connectivity index (χ1) is 13.9. The number of amides is 3. The minimum atomic E-state index is -0.259. The smallest absolute Gasteiger partial charge is 0.335 e. The third kappa shape index (κ3) is 7.87. The molecule has 0 aromatic heterocycles. The number of hydrogen-bond acceptors (Lipinski definition) is 3. The number of nitrogens with zero attached hydrogens (tertiary/aromatic N) is 1. The lowest BCUT2D eigenvalue weighted by Crippen LogP contribution is -2.38. The Bertz CT molecular complexity index is 691. The maximum absolute atomic E-state index is 12.4. The summed E-state index contributed by atoms with van der Waals surface area (Å²) in [6, 6.07) is 7.97. The van der Waals surface area contributed by atoms with Gasteiger partial charge in [-0.1, -0.05) is 43.7 Å². The third-order valence-corrected chi connectivity index (χ3v) is 6.02. The molecule has 0 spiro atoms. The average molecular weight is 401 g/mol. The van der Waals surface area contributed by atoms with Gasteiger partial charge in [-0.25, -0.2) is 10.2 Å². The molecule has 0 heterocycles. The van der Waals surface area contributed by atoms with Crippen molar-refractivity contribution < 1.29 is 9.59 Å². The van der Waals surface area contributed by atoms with E-state index in [1.54, 1.807) is 0 Å². The second kappa shape index (κ2) is 11.6. The monoisotopic (exact) mass is 400 g/mol. The fourth-order valence-electron chi connectivity index (χ4n) is 3.49. The maximum atomic E-state index is 12.4. The highest BCUT2D eigenvalue weighted by molar-refractivity contribution is 5.85. The summed E-state index contributed by atoms with van der Waals surface area (Å²) in [7, 11) is 0. The van der Waals surface area contributed by atoms with Crippen LogP contribution in [0.3, 0.4) is 0 Å². The molecule has 3 N–H and O–H groups in total. The Kier molecular flexibility index (Phi) is 9.16. The van der Waals surface area contributed by atoms with E-state index >= 15 is 0 Å². The molecule has 29 heavy (non-hydrogen) atoms. The van der Waals surface area contributed by atoms with Crippen molar-refractivity contribution >= 4 is 17.6 Å². The number of carbonyl (C=O) groups is 2. The quantitative estimate of drug-likeness (QED) is 0.453. The molecule has 0 unspecified atom stereocenters. The number of benzene rings is 1. The predicted molar refractivity (Wildman–Crippen MR) is 118 cm³/mol. The van der Waals surface area contributed by atoms with E-state index in [0.717, 1.165) is 43.4 Å². The third-order valence-electron chi connectivity index (χ3n) is 6.02. The van der Waals surface area contributed by atoms with Gasteiger partial charge in [-0.15, -0.1) is 0 Å². The Morgan fingerprint density at radius 2 is 1.76 bits per heavy atom. The van der Waals surface area contributed by atoms with Crippen LogP contribution in [0.25, 0.3) is 0 Å². The SMILES string of the molecule is CC[C@H](C)/C(C)=N\NC(=O)NCC1CCC(C(=O)NCc2ccc(C)cc2)CC1. The van der Waals surface area contributed by atoms with E-state index in [1.165, 1.54) is 5.56 Å². The Morgan fingerprint density at radius 1 is 1.10 bits per heavy atom. The van der Waals surface area contributed by atoms with Gasteiger partial charge in [-0.05, 0) is 63.4 Å². The van der Waals surface area contributed by atoms with Gasteiger partial charge in [-0.3, -0.25) is 4.79 Å². The van der Waals surface area contributed by atoms with Gasteiger partial charge in [0.1, 0.15) is 0 Å². The van der Waals surface area contributed by atoms with Gasteiger partial charge in [0.05, 0.1) is 0 Å². The van der Waals surface area contributed by atoms with E-state index in [4.69, 9.17) is 0 Å². The summed E-state index contributed by atoms with van der Waals surface area (Å²) in [5, 5.41) is 10.1. The largest absolute Gasteiger partial charge is 0.352 e. The molecule has 1 aromatic carbocycles. The number of hydrogen-bond donors (Lipinski definition) is 3. The van der Waals surface area contributed by atoms with Gasteiger partial charge in [0.15, 0.2) is 0 Å². The van der Waals surface area contributed by atoms with E-state index < -0.39 is 0 Å². The van der Waals surface area contributed by atoms with E-state index in [-0.39, 0.29) is 17.9 Å². The lowest BCUT2D eigenvalue weighted by atomic mass is 9.81. The number of rotatable bonds is 8. The van der Waals surface area contributed by atoms with Gasteiger partial charge < -0.3 is 10.6 Å². The summed E-state index contributed by atoms with van der Waals surface area (Å²) in [6.45, 7) is 9.38. The van der Waals surface area contributed by atoms with Gasteiger partial charge in [0, 0.05) is 24.7 Å².